The molecule has 0 aromatic rings. The van der Waals surface area contributed by atoms with E-state index in [9.17, 15) is 9.59 Å². The third-order valence-corrected chi connectivity index (χ3v) is 4.81. The zero-order valence-corrected chi connectivity index (χ0v) is 13.1. The Morgan fingerprint density at radius 3 is 2.38 bits per heavy atom. The van der Waals surface area contributed by atoms with Crippen LogP contribution in [0.2, 0.25) is 0 Å². The van der Waals surface area contributed by atoms with Crippen molar-refractivity contribution in [1.29, 1.82) is 0 Å². The van der Waals surface area contributed by atoms with Gasteiger partial charge in [0.25, 0.3) is 0 Å². The van der Waals surface area contributed by atoms with Gasteiger partial charge in [0.2, 0.25) is 0 Å². The molecule has 2 fully saturated rings. The zero-order valence-electron chi connectivity index (χ0n) is 13.1. The number of rotatable bonds is 5. The van der Waals surface area contributed by atoms with Gasteiger partial charge in [0.05, 0.1) is 0 Å². The SMILES string of the molecule is CCCC1CCN(C(=O)N2CCCC(CCC(=O)O)C2)C1. The lowest BCUT2D eigenvalue weighted by atomic mass is 9.93. The van der Waals surface area contributed by atoms with Gasteiger partial charge in [-0.05, 0) is 43.9 Å². The monoisotopic (exact) mass is 296 g/mol. The molecule has 5 nitrogen and oxygen atoms in total. The van der Waals surface area contributed by atoms with E-state index in [1.807, 2.05) is 9.80 Å². The van der Waals surface area contributed by atoms with E-state index in [4.69, 9.17) is 5.11 Å². The lowest BCUT2D eigenvalue weighted by Crippen LogP contribution is -2.46. The van der Waals surface area contributed by atoms with Crippen LogP contribution in [-0.4, -0.2) is 53.1 Å². The van der Waals surface area contributed by atoms with Crippen molar-refractivity contribution in [1.82, 2.24) is 9.80 Å². The molecule has 0 aromatic heterocycles. The number of aliphatic carboxylic acids is 1. The maximum atomic E-state index is 12.6. The second-order valence-electron chi connectivity index (χ2n) is 6.56. The third-order valence-electron chi connectivity index (χ3n) is 4.81. The smallest absolute Gasteiger partial charge is 0.320 e. The summed E-state index contributed by atoms with van der Waals surface area (Å²) in [6.07, 6.45) is 6.50. The molecule has 2 amide bonds. The van der Waals surface area contributed by atoms with Crippen LogP contribution in [0.15, 0.2) is 0 Å². The third kappa shape index (κ3) is 4.61. The fourth-order valence-corrected chi connectivity index (χ4v) is 3.65. The Hall–Kier alpha value is -1.26. The summed E-state index contributed by atoms with van der Waals surface area (Å²) >= 11 is 0. The van der Waals surface area contributed by atoms with Gasteiger partial charge in [-0.15, -0.1) is 0 Å². The van der Waals surface area contributed by atoms with E-state index < -0.39 is 5.97 Å². The maximum absolute atomic E-state index is 12.6. The predicted molar refractivity (Wildman–Crippen MR) is 81.2 cm³/mol. The Bertz CT molecular complexity index is 373. The van der Waals surface area contributed by atoms with Crippen LogP contribution in [0.1, 0.15) is 51.9 Å². The molecule has 2 unspecified atom stereocenters. The number of nitrogens with zero attached hydrogens (tertiary/aromatic N) is 2. The number of urea groups is 1. The molecule has 0 aliphatic carbocycles. The number of piperidine rings is 1. The molecule has 0 bridgehead atoms. The van der Waals surface area contributed by atoms with Crippen LogP contribution >= 0.6 is 0 Å². The van der Waals surface area contributed by atoms with Gasteiger partial charge < -0.3 is 14.9 Å². The number of amides is 2. The van der Waals surface area contributed by atoms with E-state index in [2.05, 4.69) is 6.92 Å². The van der Waals surface area contributed by atoms with Gasteiger partial charge >= 0.3 is 12.0 Å². The Balaban J connectivity index is 1.80. The molecule has 1 N–H and O–H groups in total. The first kappa shape index (κ1) is 16.1. The van der Waals surface area contributed by atoms with Crippen molar-refractivity contribution in [3.8, 4) is 0 Å². The second-order valence-corrected chi connectivity index (χ2v) is 6.56. The normalized spacial score (nSPS) is 26.1. The van der Waals surface area contributed by atoms with E-state index in [0.717, 1.165) is 45.4 Å². The van der Waals surface area contributed by atoms with E-state index in [-0.39, 0.29) is 12.5 Å². The van der Waals surface area contributed by atoms with E-state index >= 15 is 0 Å². The van der Waals surface area contributed by atoms with Gasteiger partial charge in [0, 0.05) is 32.6 Å². The van der Waals surface area contributed by atoms with Crippen molar-refractivity contribution in [2.75, 3.05) is 26.2 Å². The van der Waals surface area contributed by atoms with Crippen LogP contribution in [0.5, 0.6) is 0 Å². The molecule has 2 aliphatic heterocycles. The molecule has 2 aliphatic rings. The minimum absolute atomic E-state index is 0.175. The molecule has 0 radical (unpaired) electrons. The molecule has 2 heterocycles. The first-order valence-electron chi connectivity index (χ1n) is 8.35. The van der Waals surface area contributed by atoms with Crippen molar-refractivity contribution >= 4 is 12.0 Å². The summed E-state index contributed by atoms with van der Waals surface area (Å²) in [5, 5.41) is 8.78. The van der Waals surface area contributed by atoms with Crippen molar-refractivity contribution in [3.05, 3.63) is 0 Å². The number of hydrogen-bond donors (Lipinski definition) is 1. The average molecular weight is 296 g/mol. The molecule has 0 spiro atoms. The van der Waals surface area contributed by atoms with Crippen molar-refractivity contribution in [2.24, 2.45) is 11.8 Å². The standard InChI is InChI=1S/C16H28N2O3/c1-2-4-13-8-10-18(11-13)16(21)17-9-3-5-14(12-17)6-7-15(19)20/h13-14H,2-12H2,1H3,(H,19,20). The topological polar surface area (TPSA) is 60.9 Å². The highest BCUT2D eigenvalue weighted by atomic mass is 16.4. The van der Waals surface area contributed by atoms with Gasteiger partial charge in [0.1, 0.15) is 0 Å². The Morgan fingerprint density at radius 1 is 1.05 bits per heavy atom. The summed E-state index contributed by atoms with van der Waals surface area (Å²) in [7, 11) is 0. The Morgan fingerprint density at radius 2 is 1.71 bits per heavy atom. The summed E-state index contributed by atoms with van der Waals surface area (Å²) in [6, 6.07) is 0.175. The molecular weight excluding hydrogens is 268 g/mol. The van der Waals surface area contributed by atoms with E-state index in [0.29, 0.717) is 18.3 Å². The second kappa shape index (κ2) is 7.66. The Kier molecular flexibility index (Phi) is 5.88. The minimum atomic E-state index is -0.736. The summed E-state index contributed by atoms with van der Waals surface area (Å²) < 4.78 is 0. The molecule has 2 atom stereocenters. The maximum Gasteiger partial charge on any atom is 0.320 e. The highest BCUT2D eigenvalue weighted by Gasteiger charge is 2.31. The number of carbonyl (C=O) groups excluding carboxylic acids is 1. The number of carboxylic acids is 1. The van der Waals surface area contributed by atoms with Crippen LogP contribution < -0.4 is 0 Å². The number of carbonyl (C=O) groups is 2. The first-order valence-corrected chi connectivity index (χ1v) is 8.35. The van der Waals surface area contributed by atoms with Gasteiger partial charge in [-0.2, -0.15) is 0 Å². The van der Waals surface area contributed by atoms with Crippen LogP contribution in [-0.2, 0) is 4.79 Å². The lowest BCUT2D eigenvalue weighted by molar-refractivity contribution is -0.137. The van der Waals surface area contributed by atoms with Crippen LogP contribution in [0.4, 0.5) is 4.79 Å². The molecule has 0 saturated carbocycles. The molecule has 0 aromatic carbocycles. The quantitative estimate of drug-likeness (QED) is 0.848. The summed E-state index contributed by atoms with van der Waals surface area (Å²) in [4.78, 5) is 27.2. The molecular formula is C16H28N2O3. The summed E-state index contributed by atoms with van der Waals surface area (Å²) in [5.74, 6) is 0.291. The molecule has 2 saturated heterocycles. The van der Waals surface area contributed by atoms with E-state index in [1.54, 1.807) is 0 Å². The van der Waals surface area contributed by atoms with Crippen molar-refractivity contribution < 1.29 is 14.7 Å². The molecule has 2 rings (SSSR count). The van der Waals surface area contributed by atoms with Gasteiger partial charge in [-0.1, -0.05) is 13.3 Å². The molecule has 5 heteroatoms. The highest BCUT2D eigenvalue weighted by Crippen LogP contribution is 2.25. The van der Waals surface area contributed by atoms with Crippen LogP contribution in [0.25, 0.3) is 0 Å². The van der Waals surface area contributed by atoms with Gasteiger partial charge in [-0.3, -0.25) is 4.79 Å². The van der Waals surface area contributed by atoms with Crippen molar-refractivity contribution in [2.45, 2.75) is 51.9 Å². The minimum Gasteiger partial charge on any atom is -0.481 e. The number of likely N-dealkylation sites (tertiary alicyclic amines) is 2. The van der Waals surface area contributed by atoms with Crippen LogP contribution in [0.3, 0.4) is 0 Å². The highest BCUT2D eigenvalue weighted by molar-refractivity contribution is 5.75. The van der Waals surface area contributed by atoms with E-state index in [1.165, 1.54) is 12.8 Å². The van der Waals surface area contributed by atoms with Crippen LogP contribution in [0, 0.1) is 11.8 Å². The van der Waals surface area contributed by atoms with Gasteiger partial charge in [0.15, 0.2) is 0 Å². The number of carboxylic acid groups (broad SMARTS) is 1. The number of hydrogen-bond acceptors (Lipinski definition) is 2. The summed E-state index contributed by atoms with van der Waals surface area (Å²) in [5.41, 5.74) is 0. The Labute approximate surface area is 127 Å². The lowest BCUT2D eigenvalue weighted by Gasteiger charge is -2.35. The fraction of sp³-hybridized carbons (Fsp3) is 0.875. The zero-order chi connectivity index (χ0) is 15.2. The molecule has 120 valence electrons. The summed E-state index contributed by atoms with van der Waals surface area (Å²) in [6.45, 7) is 5.56. The molecule has 21 heavy (non-hydrogen) atoms. The largest absolute Gasteiger partial charge is 0.481 e. The van der Waals surface area contributed by atoms with Crippen molar-refractivity contribution in [3.63, 3.8) is 0 Å². The predicted octanol–water partition coefficient (Wildman–Crippen LogP) is 2.81. The fourth-order valence-electron chi connectivity index (χ4n) is 3.65. The van der Waals surface area contributed by atoms with Gasteiger partial charge in [-0.25, -0.2) is 4.79 Å². The average Bonchev–Trinajstić information content (AvgIpc) is 2.94. The first-order chi connectivity index (χ1) is 10.1.